The lowest BCUT2D eigenvalue weighted by molar-refractivity contribution is 0.0240. The molecule has 1 aromatic carbocycles. The number of carbonyl (C=O) groups is 2. The molecule has 128 valence electrons. The van der Waals surface area contributed by atoms with Crippen LogP contribution in [0.25, 0.3) is 0 Å². The van der Waals surface area contributed by atoms with Gasteiger partial charge in [0.15, 0.2) is 0 Å². The van der Waals surface area contributed by atoms with Crippen molar-refractivity contribution in [1.82, 2.24) is 4.90 Å². The molecule has 0 bridgehead atoms. The summed E-state index contributed by atoms with van der Waals surface area (Å²) in [7, 11) is 0. The van der Waals surface area contributed by atoms with Crippen LogP contribution in [0.2, 0.25) is 0 Å². The molecule has 0 saturated carbocycles. The number of benzene rings is 1. The molecule has 1 aromatic rings. The van der Waals surface area contributed by atoms with Gasteiger partial charge in [-0.3, -0.25) is 4.79 Å². The molecule has 1 amide bonds. The molecule has 1 aliphatic heterocycles. The minimum Gasteiger partial charge on any atom is -0.444 e. The molecule has 0 atom stereocenters. The van der Waals surface area contributed by atoms with E-state index in [1.807, 2.05) is 33.8 Å². The van der Waals surface area contributed by atoms with Crippen molar-refractivity contribution in [3.8, 4) is 12.3 Å². The number of anilines is 1. The van der Waals surface area contributed by atoms with Gasteiger partial charge in [0.2, 0.25) is 0 Å². The third-order valence-electron chi connectivity index (χ3n) is 3.97. The molecule has 0 unspecified atom stereocenters. The molecule has 0 N–H and O–H groups in total. The van der Waals surface area contributed by atoms with Crippen LogP contribution in [0.4, 0.5) is 10.5 Å². The quantitative estimate of drug-likeness (QED) is 0.619. The van der Waals surface area contributed by atoms with Gasteiger partial charge in [0, 0.05) is 43.0 Å². The van der Waals surface area contributed by atoms with E-state index in [0.29, 0.717) is 31.7 Å². The van der Waals surface area contributed by atoms with Crippen LogP contribution < -0.4 is 4.90 Å². The van der Waals surface area contributed by atoms with Crippen LogP contribution in [0, 0.1) is 19.3 Å². The molecule has 0 aliphatic carbocycles. The maximum Gasteiger partial charge on any atom is 0.410 e. The van der Waals surface area contributed by atoms with E-state index < -0.39 is 5.60 Å². The lowest BCUT2D eigenvalue weighted by atomic mass is 10.0. The summed E-state index contributed by atoms with van der Waals surface area (Å²) in [6.45, 7) is 10.0. The van der Waals surface area contributed by atoms with E-state index in [0.717, 1.165) is 23.1 Å². The number of amides is 1. The molecule has 1 aliphatic rings. The highest BCUT2D eigenvalue weighted by Crippen LogP contribution is 2.26. The fourth-order valence-electron chi connectivity index (χ4n) is 2.72. The number of nitrogens with zero attached hydrogens (tertiary/aromatic N) is 2. The summed E-state index contributed by atoms with van der Waals surface area (Å²) >= 11 is 0. The van der Waals surface area contributed by atoms with E-state index in [1.165, 1.54) is 0 Å². The summed E-state index contributed by atoms with van der Waals surface area (Å²) in [5.41, 5.74) is 2.73. The third kappa shape index (κ3) is 4.08. The Labute approximate surface area is 143 Å². The SMILES string of the molecule is C#Cc1cc(C=O)cc(N2CCN(C(=O)OC(C)(C)C)CC2)c1C. The lowest BCUT2D eigenvalue weighted by Crippen LogP contribution is -2.50. The van der Waals surface area contributed by atoms with Gasteiger partial charge in [0.05, 0.1) is 0 Å². The molecule has 1 heterocycles. The van der Waals surface area contributed by atoms with E-state index in [1.54, 1.807) is 11.0 Å². The number of aldehydes is 1. The highest BCUT2D eigenvalue weighted by Gasteiger charge is 2.26. The van der Waals surface area contributed by atoms with Crippen LogP contribution in [0.5, 0.6) is 0 Å². The number of carbonyl (C=O) groups excluding carboxylic acids is 2. The highest BCUT2D eigenvalue weighted by atomic mass is 16.6. The average molecular weight is 328 g/mol. The summed E-state index contributed by atoms with van der Waals surface area (Å²) in [5, 5.41) is 0. The number of terminal acetylenes is 1. The normalized spacial score (nSPS) is 15.0. The van der Waals surface area contributed by atoms with E-state index in [9.17, 15) is 9.59 Å². The number of piperazine rings is 1. The Kier molecular flexibility index (Phi) is 5.18. The third-order valence-corrected chi connectivity index (χ3v) is 3.97. The summed E-state index contributed by atoms with van der Waals surface area (Å²) in [4.78, 5) is 27.1. The molecular weight excluding hydrogens is 304 g/mol. The van der Waals surface area contributed by atoms with Gasteiger partial charge in [-0.15, -0.1) is 6.42 Å². The van der Waals surface area contributed by atoms with Crippen LogP contribution in [0.3, 0.4) is 0 Å². The maximum absolute atomic E-state index is 12.1. The molecule has 5 heteroatoms. The smallest absolute Gasteiger partial charge is 0.410 e. The number of hydrogen-bond donors (Lipinski definition) is 0. The van der Waals surface area contributed by atoms with Gasteiger partial charge in [-0.25, -0.2) is 4.79 Å². The molecular formula is C19H24N2O3. The highest BCUT2D eigenvalue weighted by molar-refractivity contribution is 5.80. The first-order valence-corrected chi connectivity index (χ1v) is 8.04. The second kappa shape index (κ2) is 6.96. The molecule has 0 spiro atoms. The number of hydrogen-bond acceptors (Lipinski definition) is 4. The molecule has 0 aromatic heterocycles. The Morgan fingerprint density at radius 1 is 1.25 bits per heavy atom. The zero-order chi connectivity index (χ0) is 17.9. The molecule has 5 nitrogen and oxygen atoms in total. The van der Waals surface area contributed by atoms with Crippen molar-refractivity contribution in [2.24, 2.45) is 0 Å². The van der Waals surface area contributed by atoms with Crippen molar-refractivity contribution in [2.45, 2.75) is 33.3 Å². The Balaban J connectivity index is 2.12. The van der Waals surface area contributed by atoms with Gasteiger partial charge in [-0.1, -0.05) is 5.92 Å². The zero-order valence-corrected chi connectivity index (χ0v) is 14.8. The Hall–Kier alpha value is -2.48. The first kappa shape index (κ1) is 17.9. The first-order chi connectivity index (χ1) is 11.2. The van der Waals surface area contributed by atoms with E-state index in [4.69, 9.17) is 11.2 Å². The van der Waals surface area contributed by atoms with Crippen molar-refractivity contribution in [3.63, 3.8) is 0 Å². The van der Waals surface area contributed by atoms with Crippen LogP contribution in [0.1, 0.15) is 42.3 Å². The van der Waals surface area contributed by atoms with E-state index >= 15 is 0 Å². The van der Waals surface area contributed by atoms with E-state index in [-0.39, 0.29) is 6.09 Å². The molecule has 0 radical (unpaired) electrons. The minimum absolute atomic E-state index is 0.287. The van der Waals surface area contributed by atoms with Gasteiger partial charge < -0.3 is 14.5 Å². The average Bonchev–Trinajstić information content (AvgIpc) is 2.53. The molecule has 24 heavy (non-hydrogen) atoms. The standard InChI is InChI=1S/C19H24N2O3/c1-6-16-11-15(13-22)12-17(14(16)2)20-7-9-21(10-8-20)18(23)24-19(3,4)5/h1,11-13H,7-10H2,2-5H3. The maximum atomic E-state index is 12.1. The van der Waals surface area contributed by atoms with Crippen LogP contribution in [0.15, 0.2) is 12.1 Å². The fraction of sp³-hybridized carbons (Fsp3) is 0.474. The zero-order valence-electron chi connectivity index (χ0n) is 14.8. The summed E-state index contributed by atoms with van der Waals surface area (Å²) in [5.74, 6) is 2.63. The van der Waals surface area contributed by atoms with Gasteiger partial charge in [-0.2, -0.15) is 0 Å². The number of ether oxygens (including phenoxy) is 1. The Morgan fingerprint density at radius 3 is 2.38 bits per heavy atom. The molecule has 1 saturated heterocycles. The van der Waals surface area contributed by atoms with Gasteiger partial charge in [0.1, 0.15) is 11.9 Å². The molecule has 1 fully saturated rings. The minimum atomic E-state index is -0.495. The van der Waals surface area contributed by atoms with Gasteiger partial charge in [-0.05, 0) is 45.4 Å². The predicted octanol–water partition coefficient (Wildman–Crippen LogP) is 2.85. The number of rotatable bonds is 2. The van der Waals surface area contributed by atoms with Crippen molar-refractivity contribution in [3.05, 3.63) is 28.8 Å². The van der Waals surface area contributed by atoms with Crippen molar-refractivity contribution in [1.29, 1.82) is 0 Å². The summed E-state index contributed by atoms with van der Waals surface area (Å²) in [6.07, 6.45) is 6.06. The van der Waals surface area contributed by atoms with Crippen LogP contribution in [-0.4, -0.2) is 49.1 Å². The van der Waals surface area contributed by atoms with Gasteiger partial charge in [0.25, 0.3) is 0 Å². The Morgan fingerprint density at radius 2 is 1.88 bits per heavy atom. The monoisotopic (exact) mass is 328 g/mol. The van der Waals surface area contributed by atoms with Gasteiger partial charge >= 0.3 is 6.09 Å². The topological polar surface area (TPSA) is 49.9 Å². The second-order valence-electron chi connectivity index (χ2n) is 6.93. The second-order valence-corrected chi connectivity index (χ2v) is 6.93. The van der Waals surface area contributed by atoms with Crippen molar-refractivity contribution >= 4 is 18.1 Å². The fourth-order valence-corrected chi connectivity index (χ4v) is 2.72. The largest absolute Gasteiger partial charge is 0.444 e. The summed E-state index contributed by atoms with van der Waals surface area (Å²) in [6, 6.07) is 3.58. The van der Waals surface area contributed by atoms with Crippen molar-refractivity contribution in [2.75, 3.05) is 31.1 Å². The van der Waals surface area contributed by atoms with Crippen LogP contribution >= 0.6 is 0 Å². The predicted molar refractivity (Wildman–Crippen MR) is 94.5 cm³/mol. The van der Waals surface area contributed by atoms with Crippen LogP contribution in [-0.2, 0) is 4.74 Å². The van der Waals surface area contributed by atoms with E-state index in [2.05, 4.69) is 10.8 Å². The lowest BCUT2D eigenvalue weighted by Gasteiger charge is -2.37. The van der Waals surface area contributed by atoms with Crippen molar-refractivity contribution < 1.29 is 14.3 Å². The Bertz CT molecular complexity index is 675. The first-order valence-electron chi connectivity index (χ1n) is 8.04. The molecule has 2 rings (SSSR count). The summed E-state index contributed by atoms with van der Waals surface area (Å²) < 4.78 is 5.41.